The van der Waals surface area contributed by atoms with E-state index < -0.39 is 0 Å². The van der Waals surface area contributed by atoms with Crippen LogP contribution < -0.4 is 15.4 Å². The molecule has 1 unspecified atom stereocenters. The molecule has 0 aliphatic heterocycles. The van der Waals surface area contributed by atoms with Crippen molar-refractivity contribution in [2.45, 2.75) is 26.2 Å². The molecular formula is C28H25Br2N3O3S. The first kappa shape index (κ1) is 27.0. The number of hydrogen-bond acceptors (Lipinski definition) is 5. The van der Waals surface area contributed by atoms with Crippen molar-refractivity contribution < 1.29 is 13.9 Å². The summed E-state index contributed by atoms with van der Waals surface area (Å²) in [6, 6.07) is 17.4. The summed E-state index contributed by atoms with van der Waals surface area (Å²) in [5.74, 6) is 1.23. The number of oxazole rings is 1. The van der Waals surface area contributed by atoms with E-state index in [1.165, 1.54) is 11.6 Å². The zero-order valence-electron chi connectivity index (χ0n) is 20.5. The number of halogens is 2. The van der Waals surface area contributed by atoms with Gasteiger partial charge in [-0.25, -0.2) is 4.98 Å². The number of methoxy groups -OCH3 is 1. The number of carbonyl (C=O) groups excluding carboxylic acids is 1. The first-order chi connectivity index (χ1) is 17.8. The number of nitrogens with zero attached hydrogens (tertiary/aromatic N) is 1. The summed E-state index contributed by atoms with van der Waals surface area (Å²) in [4.78, 5) is 17.1. The smallest absolute Gasteiger partial charge is 0.250 e. The number of amides is 1. The van der Waals surface area contributed by atoms with Crippen LogP contribution in [0.1, 0.15) is 37.3 Å². The van der Waals surface area contributed by atoms with E-state index in [4.69, 9.17) is 21.4 Å². The fraction of sp³-hybridized carbons (Fsp3) is 0.179. The molecule has 1 aromatic heterocycles. The molecule has 4 rings (SSSR count). The molecule has 0 aliphatic rings. The van der Waals surface area contributed by atoms with Crippen molar-refractivity contribution in [1.82, 2.24) is 10.3 Å². The van der Waals surface area contributed by atoms with E-state index in [9.17, 15) is 4.79 Å². The second kappa shape index (κ2) is 12.0. The standard InChI is InChI=1S/C28H25Br2N3O3S/c1-4-16(2)17-8-10-24-23(14-17)32-27(36-24)19-6-5-7-21(13-19)31-28(37)33-25(34)11-9-18-12-20(29)15-22(30)26(18)35-3/h5-16H,4H2,1-3H3,(H2,31,33,34,37)/b11-9+. The second-order valence-electron chi connectivity index (χ2n) is 8.42. The minimum absolute atomic E-state index is 0.171. The van der Waals surface area contributed by atoms with Crippen molar-refractivity contribution in [3.05, 3.63) is 80.7 Å². The lowest BCUT2D eigenvalue weighted by molar-refractivity contribution is -0.115. The average molecular weight is 643 g/mol. The Kier molecular flexibility index (Phi) is 8.79. The quantitative estimate of drug-likeness (QED) is 0.157. The molecule has 2 N–H and O–H groups in total. The Morgan fingerprint density at radius 1 is 1.19 bits per heavy atom. The molecule has 0 saturated heterocycles. The van der Waals surface area contributed by atoms with Crippen LogP contribution in [0.2, 0.25) is 0 Å². The third-order valence-corrected chi connectivity index (χ3v) is 7.10. The van der Waals surface area contributed by atoms with Crippen molar-refractivity contribution in [2.24, 2.45) is 0 Å². The van der Waals surface area contributed by atoms with Crippen LogP contribution in [0.3, 0.4) is 0 Å². The van der Waals surface area contributed by atoms with Crippen LogP contribution in [0.5, 0.6) is 5.75 Å². The van der Waals surface area contributed by atoms with E-state index in [0.717, 1.165) is 37.6 Å². The summed E-state index contributed by atoms with van der Waals surface area (Å²) in [7, 11) is 1.57. The highest BCUT2D eigenvalue weighted by Crippen LogP contribution is 2.33. The minimum atomic E-state index is -0.372. The summed E-state index contributed by atoms with van der Waals surface area (Å²) in [5, 5.41) is 5.87. The van der Waals surface area contributed by atoms with Gasteiger partial charge < -0.3 is 14.5 Å². The van der Waals surface area contributed by atoms with Gasteiger partial charge in [0.2, 0.25) is 11.8 Å². The predicted octanol–water partition coefficient (Wildman–Crippen LogP) is 8.07. The molecule has 1 amide bonds. The number of carbonyl (C=O) groups is 1. The van der Waals surface area contributed by atoms with Gasteiger partial charge in [-0.3, -0.25) is 10.1 Å². The number of thiocarbonyl (C=S) groups is 1. The number of anilines is 1. The zero-order valence-corrected chi connectivity index (χ0v) is 24.5. The van der Waals surface area contributed by atoms with Gasteiger partial charge in [0.15, 0.2) is 10.7 Å². The van der Waals surface area contributed by atoms with Gasteiger partial charge in [0, 0.05) is 27.4 Å². The van der Waals surface area contributed by atoms with Crippen molar-refractivity contribution in [1.29, 1.82) is 0 Å². The summed E-state index contributed by atoms with van der Waals surface area (Å²) in [5.41, 5.74) is 5.05. The first-order valence-electron chi connectivity index (χ1n) is 11.6. The van der Waals surface area contributed by atoms with E-state index in [2.05, 4.69) is 73.5 Å². The van der Waals surface area contributed by atoms with Crippen LogP contribution in [0.15, 0.2) is 74.0 Å². The number of benzene rings is 3. The normalized spacial score (nSPS) is 12.0. The highest BCUT2D eigenvalue weighted by molar-refractivity contribution is 9.11. The van der Waals surface area contributed by atoms with Gasteiger partial charge >= 0.3 is 0 Å². The molecule has 190 valence electrons. The molecule has 0 fully saturated rings. The van der Waals surface area contributed by atoms with Crippen LogP contribution in [-0.4, -0.2) is 23.1 Å². The molecule has 0 saturated carbocycles. The molecule has 1 heterocycles. The third kappa shape index (κ3) is 6.66. The second-order valence-corrected chi connectivity index (χ2v) is 10.6. The molecule has 4 aromatic rings. The van der Waals surface area contributed by atoms with E-state index in [0.29, 0.717) is 23.2 Å². The lowest BCUT2D eigenvalue weighted by atomic mass is 9.98. The lowest BCUT2D eigenvalue weighted by Gasteiger charge is -2.10. The Morgan fingerprint density at radius 2 is 2.00 bits per heavy atom. The van der Waals surface area contributed by atoms with Crippen LogP contribution in [0.25, 0.3) is 28.6 Å². The number of aromatic nitrogens is 1. The molecule has 0 spiro atoms. The molecule has 0 aliphatic carbocycles. The topological polar surface area (TPSA) is 76.4 Å². The summed E-state index contributed by atoms with van der Waals surface area (Å²) in [6.07, 6.45) is 4.12. The third-order valence-electron chi connectivity index (χ3n) is 5.85. The van der Waals surface area contributed by atoms with Gasteiger partial charge in [-0.2, -0.15) is 0 Å². The lowest BCUT2D eigenvalue weighted by Crippen LogP contribution is -2.32. The van der Waals surface area contributed by atoms with Gasteiger partial charge in [-0.05, 0) is 94.6 Å². The van der Waals surface area contributed by atoms with E-state index in [-0.39, 0.29) is 11.0 Å². The van der Waals surface area contributed by atoms with Crippen LogP contribution in [0, 0.1) is 0 Å². The Morgan fingerprint density at radius 3 is 2.76 bits per heavy atom. The predicted molar refractivity (Wildman–Crippen MR) is 160 cm³/mol. The summed E-state index contributed by atoms with van der Waals surface area (Å²) in [6.45, 7) is 4.37. The summed E-state index contributed by atoms with van der Waals surface area (Å²) >= 11 is 12.2. The van der Waals surface area contributed by atoms with Crippen LogP contribution in [0.4, 0.5) is 5.69 Å². The molecule has 1 atom stereocenters. The number of nitrogens with one attached hydrogen (secondary N) is 2. The van der Waals surface area contributed by atoms with Gasteiger partial charge in [0.25, 0.3) is 0 Å². The number of rotatable bonds is 7. The molecule has 0 bridgehead atoms. The highest BCUT2D eigenvalue weighted by Gasteiger charge is 2.12. The number of hydrogen-bond donors (Lipinski definition) is 2. The monoisotopic (exact) mass is 641 g/mol. The molecular weight excluding hydrogens is 618 g/mol. The van der Waals surface area contributed by atoms with Crippen molar-refractivity contribution in [3.8, 4) is 17.2 Å². The van der Waals surface area contributed by atoms with E-state index >= 15 is 0 Å². The average Bonchev–Trinajstić information content (AvgIpc) is 3.30. The summed E-state index contributed by atoms with van der Waals surface area (Å²) < 4.78 is 13.0. The molecule has 6 nitrogen and oxygen atoms in total. The Labute approximate surface area is 237 Å². The largest absolute Gasteiger partial charge is 0.495 e. The molecule has 0 radical (unpaired) electrons. The minimum Gasteiger partial charge on any atom is -0.495 e. The van der Waals surface area contributed by atoms with Gasteiger partial charge in [0.1, 0.15) is 11.3 Å². The van der Waals surface area contributed by atoms with E-state index in [1.807, 2.05) is 42.5 Å². The molecule has 9 heteroatoms. The number of fused-ring (bicyclic) bond motifs is 1. The maximum atomic E-state index is 12.5. The maximum Gasteiger partial charge on any atom is 0.250 e. The SMILES string of the molecule is CCC(C)c1ccc2oc(-c3cccc(NC(=S)NC(=O)/C=C/c4cc(Br)cc(Br)c4OC)c3)nc2c1. The van der Waals surface area contributed by atoms with Crippen molar-refractivity contribution >= 4 is 78.0 Å². The van der Waals surface area contributed by atoms with Gasteiger partial charge in [0.05, 0.1) is 11.6 Å². The molecule has 3 aromatic carbocycles. The Balaban J connectivity index is 1.44. The van der Waals surface area contributed by atoms with Crippen molar-refractivity contribution in [2.75, 3.05) is 12.4 Å². The first-order valence-corrected chi connectivity index (χ1v) is 13.6. The zero-order chi connectivity index (χ0) is 26.5. The maximum absolute atomic E-state index is 12.5. The Hall–Kier alpha value is -3.01. The highest BCUT2D eigenvalue weighted by atomic mass is 79.9. The van der Waals surface area contributed by atoms with E-state index in [1.54, 1.807) is 13.2 Å². The fourth-order valence-corrected chi connectivity index (χ4v) is 5.38. The van der Waals surface area contributed by atoms with Crippen LogP contribution in [-0.2, 0) is 4.79 Å². The van der Waals surface area contributed by atoms with Crippen molar-refractivity contribution in [3.63, 3.8) is 0 Å². The van der Waals surface area contributed by atoms with Crippen LogP contribution >= 0.6 is 44.1 Å². The van der Waals surface area contributed by atoms with Gasteiger partial charge in [-0.1, -0.05) is 41.9 Å². The number of ether oxygens (including phenoxy) is 1. The Bertz CT molecular complexity index is 1500. The fourth-order valence-electron chi connectivity index (χ4n) is 3.74. The van der Waals surface area contributed by atoms with Gasteiger partial charge in [-0.15, -0.1) is 0 Å². The molecule has 37 heavy (non-hydrogen) atoms.